The number of hydrogen-bond acceptors (Lipinski definition) is 2. The van der Waals surface area contributed by atoms with Gasteiger partial charge in [-0.25, -0.2) is 0 Å². The van der Waals surface area contributed by atoms with Crippen LogP contribution in [0.2, 0.25) is 5.02 Å². The Balaban J connectivity index is 1.95. The van der Waals surface area contributed by atoms with Gasteiger partial charge in [0.2, 0.25) is 0 Å². The minimum Gasteiger partial charge on any atom is -0.374 e. The molecule has 0 saturated carbocycles. The fourth-order valence-corrected chi connectivity index (χ4v) is 2.52. The normalized spacial score (nSPS) is 10.6. The highest BCUT2D eigenvalue weighted by Crippen LogP contribution is 2.24. The first-order chi connectivity index (χ1) is 9.70. The number of rotatable bonds is 6. The lowest BCUT2D eigenvalue weighted by Crippen LogP contribution is -2.21. The van der Waals surface area contributed by atoms with Crippen LogP contribution in [0.1, 0.15) is 17.5 Å². The molecule has 0 bridgehead atoms. The quantitative estimate of drug-likeness (QED) is 0.874. The highest BCUT2D eigenvalue weighted by Gasteiger charge is 2.07. The monoisotopic (exact) mass is 288 g/mol. The largest absolute Gasteiger partial charge is 0.374 e. The molecule has 0 spiro atoms. The average Bonchev–Trinajstić information content (AvgIpc) is 2.48. The third-order valence-corrected chi connectivity index (χ3v) is 3.72. The Bertz CT molecular complexity index is 540. The number of benzene rings is 2. The molecule has 0 amide bonds. The zero-order chi connectivity index (χ0) is 14.4. The Morgan fingerprint density at radius 3 is 2.55 bits per heavy atom. The lowest BCUT2D eigenvalue weighted by molar-refractivity contribution is 0.781. The summed E-state index contributed by atoms with van der Waals surface area (Å²) in [4.78, 5) is 2.23. The molecule has 0 unspecified atom stereocenters. The van der Waals surface area contributed by atoms with Crippen LogP contribution in [0.15, 0.2) is 48.5 Å². The van der Waals surface area contributed by atoms with Crippen molar-refractivity contribution in [1.29, 1.82) is 0 Å². The van der Waals surface area contributed by atoms with Gasteiger partial charge in [0.15, 0.2) is 0 Å². The van der Waals surface area contributed by atoms with Crippen molar-refractivity contribution in [3.63, 3.8) is 0 Å². The maximum absolute atomic E-state index is 6.08. The van der Waals surface area contributed by atoms with Crippen molar-refractivity contribution < 1.29 is 0 Å². The topological polar surface area (TPSA) is 29.3 Å². The Labute approximate surface area is 126 Å². The van der Waals surface area contributed by atoms with Crippen molar-refractivity contribution >= 4 is 17.3 Å². The van der Waals surface area contributed by atoms with Crippen LogP contribution in [0.3, 0.4) is 0 Å². The van der Waals surface area contributed by atoms with E-state index in [4.69, 9.17) is 17.3 Å². The smallest absolute Gasteiger partial charge is 0.0426 e. The summed E-state index contributed by atoms with van der Waals surface area (Å²) >= 11 is 6.08. The summed E-state index contributed by atoms with van der Waals surface area (Å²) in [5, 5.41) is 0.757. The molecule has 3 heteroatoms. The highest BCUT2D eigenvalue weighted by atomic mass is 35.5. The van der Waals surface area contributed by atoms with E-state index in [0.717, 1.165) is 35.7 Å². The molecule has 2 N–H and O–H groups in total. The van der Waals surface area contributed by atoms with Crippen molar-refractivity contribution in [2.75, 3.05) is 18.5 Å². The molecule has 20 heavy (non-hydrogen) atoms. The third kappa shape index (κ3) is 3.99. The Kier molecular flexibility index (Phi) is 5.45. The van der Waals surface area contributed by atoms with Gasteiger partial charge in [0, 0.05) is 30.8 Å². The van der Waals surface area contributed by atoms with Crippen LogP contribution in [0.5, 0.6) is 0 Å². The van der Waals surface area contributed by atoms with Crippen LogP contribution in [0.4, 0.5) is 5.69 Å². The molecule has 2 rings (SSSR count). The Morgan fingerprint density at radius 2 is 1.85 bits per heavy atom. The first-order valence-electron chi connectivity index (χ1n) is 6.94. The number of nitrogens with zero attached hydrogens (tertiary/aromatic N) is 1. The second-order valence-corrected chi connectivity index (χ2v) is 5.42. The Morgan fingerprint density at radius 1 is 1.10 bits per heavy atom. The second-order valence-electron chi connectivity index (χ2n) is 4.99. The van der Waals surface area contributed by atoms with Crippen molar-refractivity contribution in [2.45, 2.75) is 19.4 Å². The second kappa shape index (κ2) is 7.32. The van der Waals surface area contributed by atoms with Crippen molar-refractivity contribution in [3.8, 4) is 0 Å². The van der Waals surface area contributed by atoms with Crippen LogP contribution in [0, 0.1) is 0 Å². The first kappa shape index (κ1) is 14.9. The van der Waals surface area contributed by atoms with Gasteiger partial charge >= 0.3 is 0 Å². The van der Waals surface area contributed by atoms with Gasteiger partial charge in [-0.3, -0.25) is 0 Å². The van der Waals surface area contributed by atoms with Gasteiger partial charge in [-0.15, -0.1) is 0 Å². The summed E-state index contributed by atoms with van der Waals surface area (Å²) in [5.74, 6) is 0. The molecule has 0 heterocycles. The molecule has 0 radical (unpaired) electrons. The summed E-state index contributed by atoms with van der Waals surface area (Å²) in [7, 11) is 2.09. The Hall–Kier alpha value is -1.51. The van der Waals surface area contributed by atoms with E-state index >= 15 is 0 Å². The minimum absolute atomic E-state index is 0.537. The van der Waals surface area contributed by atoms with E-state index < -0.39 is 0 Å². The molecule has 0 fully saturated rings. The summed E-state index contributed by atoms with van der Waals surface area (Å²) in [5.41, 5.74) is 9.44. The van der Waals surface area contributed by atoms with Crippen molar-refractivity contribution in [2.24, 2.45) is 5.73 Å². The van der Waals surface area contributed by atoms with E-state index in [1.54, 1.807) is 0 Å². The predicted molar refractivity (Wildman–Crippen MR) is 87.4 cm³/mol. The third-order valence-electron chi connectivity index (χ3n) is 3.48. The van der Waals surface area contributed by atoms with Crippen molar-refractivity contribution in [3.05, 3.63) is 64.7 Å². The molecule has 2 aromatic carbocycles. The predicted octanol–water partition coefficient (Wildman–Crippen LogP) is 3.87. The molecular formula is C17H21ClN2. The van der Waals surface area contributed by atoms with E-state index in [0.29, 0.717) is 6.54 Å². The van der Waals surface area contributed by atoms with Crippen LogP contribution >= 0.6 is 11.6 Å². The van der Waals surface area contributed by atoms with Gasteiger partial charge in [-0.2, -0.15) is 0 Å². The lowest BCUT2D eigenvalue weighted by atomic mass is 10.1. The van der Waals surface area contributed by atoms with Crippen molar-refractivity contribution in [1.82, 2.24) is 0 Å². The highest BCUT2D eigenvalue weighted by molar-refractivity contribution is 6.30. The van der Waals surface area contributed by atoms with Gasteiger partial charge in [0.1, 0.15) is 0 Å². The maximum atomic E-state index is 6.08. The fraction of sp³-hybridized carbons (Fsp3) is 0.294. The SMILES string of the molecule is CN(CCCc1ccccc1)c1cc(Cl)ccc1CN. The van der Waals surface area contributed by atoms with Gasteiger partial charge in [0.05, 0.1) is 0 Å². The molecule has 0 saturated heterocycles. The van der Waals surface area contributed by atoms with E-state index in [1.807, 2.05) is 18.2 Å². The van der Waals surface area contributed by atoms with Crippen LogP contribution in [-0.4, -0.2) is 13.6 Å². The van der Waals surface area contributed by atoms with E-state index in [1.165, 1.54) is 5.56 Å². The number of halogens is 1. The molecule has 0 aliphatic carbocycles. The molecule has 2 nitrogen and oxygen atoms in total. The molecule has 0 aliphatic heterocycles. The van der Waals surface area contributed by atoms with E-state index in [2.05, 4.69) is 42.3 Å². The minimum atomic E-state index is 0.537. The number of aryl methyl sites for hydroxylation is 1. The van der Waals surface area contributed by atoms with Crippen LogP contribution < -0.4 is 10.6 Å². The zero-order valence-corrected chi connectivity index (χ0v) is 12.6. The van der Waals surface area contributed by atoms with Gasteiger partial charge in [0.25, 0.3) is 0 Å². The molecule has 106 valence electrons. The average molecular weight is 289 g/mol. The van der Waals surface area contributed by atoms with Crippen LogP contribution in [-0.2, 0) is 13.0 Å². The summed E-state index contributed by atoms with van der Waals surface area (Å²) in [6, 6.07) is 16.5. The first-order valence-corrected chi connectivity index (χ1v) is 7.32. The molecule has 2 aromatic rings. The summed E-state index contributed by atoms with van der Waals surface area (Å²) in [6.45, 7) is 1.53. The molecule has 0 aliphatic rings. The van der Waals surface area contributed by atoms with E-state index in [9.17, 15) is 0 Å². The van der Waals surface area contributed by atoms with Gasteiger partial charge in [-0.05, 0) is 36.1 Å². The number of anilines is 1. The molecular weight excluding hydrogens is 268 g/mol. The van der Waals surface area contributed by atoms with Gasteiger partial charge < -0.3 is 10.6 Å². The number of nitrogens with two attached hydrogens (primary N) is 1. The zero-order valence-electron chi connectivity index (χ0n) is 11.8. The fourth-order valence-electron chi connectivity index (χ4n) is 2.35. The van der Waals surface area contributed by atoms with E-state index in [-0.39, 0.29) is 0 Å². The lowest BCUT2D eigenvalue weighted by Gasteiger charge is -2.22. The standard InChI is InChI=1S/C17H21ClN2/c1-20(11-5-8-14-6-3-2-4-7-14)17-12-16(18)10-9-15(17)13-19/h2-4,6-7,9-10,12H,5,8,11,13,19H2,1H3. The molecule has 0 aromatic heterocycles. The van der Waals surface area contributed by atoms with Crippen LogP contribution in [0.25, 0.3) is 0 Å². The summed E-state index contributed by atoms with van der Waals surface area (Å²) in [6.07, 6.45) is 2.20. The van der Waals surface area contributed by atoms with Gasteiger partial charge in [-0.1, -0.05) is 48.0 Å². The molecule has 0 atom stereocenters. The number of hydrogen-bond donors (Lipinski definition) is 1. The maximum Gasteiger partial charge on any atom is 0.0426 e. The summed E-state index contributed by atoms with van der Waals surface area (Å²) < 4.78 is 0.